The summed E-state index contributed by atoms with van der Waals surface area (Å²) in [5.74, 6) is -0.816. The van der Waals surface area contributed by atoms with Crippen molar-refractivity contribution in [3.8, 4) is 5.75 Å². The van der Waals surface area contributed by atoms with Gasteiger partial charge in [-0.1, -0.05) is 12.1 Å². The Labute approximate surface area is 169 Å². The topological polar surface area (TPSA) is 91.0 Å². The summed E-state index contributed by atoms with van der Waals surface area (Å²) in [6.07, 6.45) is -4.77. The molecule has 0 aliphatic rings. The van der Waals surface area contributed by atoms with Crippen LogP contribution in [0.2, 0.25) is 0 Å². The molecule has 0 fully saturated rings. The molecule has 0 aliphatic carbocycles. The van der Waals surface area contributed by atoms with Gasteiger partial charge in [-0.25, -0.2) is 4.68 Å². The predicted octanol–water partition coefficient (Wildman–Crippen LogP) is 2.52. The van der Waals surface area contributed by atoms with Crippen LogP contribution in [0.25, 0.3) is 10.9 Å². The molecular weight excluding hydrogens is 403 g/mol. The Balaban J connectivity index is 1.73. The molecule has 1 amide bonds. The molecule has 0 unspecified atom stereocenters. The summed E-state index contributed by atoms with van der Waals surface area (Å²) in [7, 11) is 1.72. The monoisotopic (exact) mass is 423 g/mol. The third-order valence-electron chi connectivity index (χ3n) is 4.57. The van der Waals surface area contributed by atoms with Gasteiger partial charge in [0.1, 0.15) is 12.3 Å². The molecule has 3 aromatic rings. The van der Waals surface area contributed by atoms with Crippen molar-refractivity contribution in [1.82, 2.24) is 24.9 Å². The van der Waals surface area contributed by atoms with Crippen molar-refractivity contribution in [2.75, 3.05) is 0 Å². The van der Waals surface area contributed by atoms with Crippen molar-refractivity contribution in [2.45, 2.75) is 39.7 Å². The molecule has 0 spiro atoms. The number of benzene rings is 1. The molecule has 8 nitrogen and oxygen atoms in total. The summed E-state index contributed by atoms with van der Waals surface area (Å²) >= 11 is 0. The first-order valence-corrected chi connectivity index (χ1v) is 9.02. The number of halogens is 3. The normalized spacial score (nSPS) is 12.8. The molecule has 3 rings (SSSR count). The van der Waals surface area contributed by atoms with Gasteiger partial charge in [0, 0.05) is 7.05 Å². The summed E-state index contributed by atoms with van der Waals surface area (Å²) in [4.78, 5) is 25.2. The second-order valence-corrected chi connectivity index (χ2v) is 6.89. The van der Waals surface area contributed by atoms with Gasteiger partial charge in [0.05, 0.1) is 28.3 Å². The maximum atomic E-state index is 12.7. The Hall–Kier alpha value is -3.37. The van der Waals surface area contributed by atoms with Crippen LogP contribution in [-0.4, -0.2) is 31.8 Å². The first kappa shape index (κ1) is 21.3. The molecule has 1 aromatic carbocycles. The maximum Gasteiger partial charge on any atom is 0.573 e. The predicted molar refractivity (Wildman–Crippen MR) is 102 cm³/mol. The fourth-order valence-electron chi connectivity index (χ4n) is 3.30. The number of carbonyl (C=O) groups is 1. The summed E-state index contributed by atoms with van der Waals surface area (Å²) in [6, 6.07) is 4.68. The second kappa shape index (κ2) is 7.81. The van der Waals surface area contributed by atoms with Crippen LogP contribution in [-0.2, 0) is 18.4 Å². The molecule has 1 atom stereocenters. The quantitative estimate of drug-likeness (QED) is 0.681. The van der Waals surface area contributed by atoms with Gasteiger partial charge in [-0.2, -0.15) is 10.2 Å². The Morgan fingerprint density at radius 3 is 2.40 bits per heavy atom. The number of aromatic nitrogens is 4. The van der Waals surface area contributed by atoms with Gasteiger partial charge < -0.3 is 10.1 Å². The smallest absolute Gasteiger partial charge is 0.406 e. The van der Waals surface area contributed by atoms with Crippen LogP contribution in [0.15, 0.2) is 29.1 Å². The van der Waals surface area contributed by atoms with Crippen LogP contribution in [0.3, 0.4) is 0 Å². The first-order valence-electron chi connectivity index (χ1n) is 9.02. The van der Waals surface area contributed by atoms with Crippen molar-refractivity contribution in [3.05, 3.63) is 51.6 Å². The number of rotatable bonds is 5. The molecular formula is C19H20F3N5O3. The lowest BCUT2D eigenvalue weighted by molar-refractivity contribution is -0.274. The number of hydrogen-bond donors (Lipinski definition) is 1. The molecule has 160 valence electrons. The number of nitrogens with one attached hydrogen (secondary N) is 1. The Bertz CT molecular complexity index is 1150. The van der Waals surface area contributed by atoms with Crippen molar-refractivity contribution >= 4 is 16.8 Å². The van der Waals surface area contributed by atoms with Crippen molar-refractivity contribution < 1.29 is 22.7 Å². The molecule has 11 heteroatoms. The zero-order chi connectivity index (χ0) is 22.2. The van der Waals surface area contributed by atoms with E-state index in [2.05, 4.69) is 20.3 Å². The van der Waals surface area contributed by atoms with E-state index >= 15 is 0 Å². The van der Waals surface area contributed by atoms with Crippen LogP contribution >= 0.6 is 0 Å². The van der Waals surface area contributed by atoms with Gasteiger partial charge in [-0.15, -0.1) is 13.2 Å². The van der Waals surface area contributed by atoms with Gasteiger partial charge in [-0.3, -0.25) is 14.3 Å². The van der Waals surface area contributed by atoms with Crippen LogP contribution in [0.1, 0.15) is 29.9 Å². The second-order valence-electron chi connectivity index (χ2n) is 6.89. The molecule has 0 saturated carbocycles. The lowest BCUT2D eigenvalue weighted by atomic mass is 10.1. The van der Waals surface area contributed by atoms with Crippen LogP contribution in [0.5, 0.6) is 5.75 Å². The lowest BCUT2D eigenvalue weighted by Crippen LogP contribution is -2.35. The third kappa shape index (κ3) is 4.44. The van der Waals surface area contributed by atoms with Crippen molar-refractivity contribution in [3.63, 3.8) is 0 Å². The number of ether oxygens (including phenoxy) is 1. The summed E-state index contributed by atoms with van der Waals surface area (Å²) in [5.41, 5.74) is 1.88. The van der Waals surface area contributed by atoms with E-state index < -0.39 is 23.9 Å². The standard InChI is InChI=1S/C19H20F3N5O3/c1-10(13-5-7-14(8-6-13)30-19(20,21)22)23-15(28)9-27-18(29)16-11(2)24-26(4)17(16)12(3)25-27/h5-8,10H,9H2,1-4H3,(H,23,28)/t10-/m0/s1. The number of amides is 1. The van der Waals surface area contributed by atoms with E-state index in [1.807, 2.05) is 0 Å². The van der Waals surface area contributed by atoms with Crippen molar-refractivity contribution in [1.29, 1.82) is 0 Å². The van der Waals surface area contributed by atoms with E-state index in [0.717, 1.165) is 4.68 Å². The fraction of sp³-hybridized carbons (Fsp3) is 0.368. The number of fused-ring (bicyclic) bond motifs is 1. The minimum atomic E-state index is -4.77. The molecule has 30 heavy (non-hydrogen) atoms. The highest BCUT2D eigenvalue weighted by atomic mass is 19.4. The maximum absolute atomic E-state index is 12.7. The van der Waals surface area contributed by atoms with Gasteiger partial charge in [0.2, 0.25) is 5.91 Å². The van der Waals surface area contributed by atoms with E-state index in [1.54, 1.807) is 32.5 Å². The van der Waals surface area contributed by atoms with Gasteiger partial charge >= 0.3 is 6.36 Å². The number of alkyl halides is 3. The van der Waals surface area contributed by atoms with E-state index in [-0.39, 0.29) is 12.3 Å². The fourth-order valence-corrected chi connectivity index (χ4v) is 3.30. The molecule has 2 heterocycles. The number of aryl methyl sites for hydroxylation is 3. The largest absolute Gasteiger partial charge is 0.573 e. The van der Waals surface area contributed by atoms with Crippen molar-refractivity contribution in [2.24, 2.45) is 7.05 Å². The molecule has 0 bridgehead atoms. The molecule has 2 aromatic heterocycles. The zero-order valence-corrected chi connectivity index (χ0v) is 16.7. The van der Waals surface area contributed by atoms with Gasteiger partial charge in [0.25, 0.3) is 5.56 Å². The number of nitrogens with zero attached hydrogens (tertiary/aromatic N) is 4. The minimum Gasteiger partial charge on any atom is -0.406 e. The van der Waals surface area contributed by atoms with E-state index in [1.165, 1.54) is 24.3 Å². The van der Waals surface area contributed by atoms with Crippen LogP contribution in [0.4, 0.5) is 13.2 Å². The summed E-state index contributed by atoms with van der Waals surface area (Å²) < 4.78 is 43.2. The molecule has 0 radical (unpaired) electrons. The van der Waals surface area contributed by atoms with E-state index in [4.69, 9.17) is 0 Å². The van der Waals surface area contributed by atoms with Gasteiger partial charge in [0.15, 0.2) is 0 Å². The Morgan fingerprint density at radius 1 is 1.17 bits per heavy atom. The first-order chi connectivity index (χ1) is 14.0. The van der Waals surface area contributed by atoms with Gasteiger partial charge in [-0.05, 0) is 38.5 Å². The highest BCUT2D eigenvalue weighted by Gasteiger charge is 2.31. The summed E-state index contributed by atoms with van der Waals surface area (Å²) in [5, 5.41) is 11.5. The Kier molecular flexibility index (Phi) is 5.55. The number of carbonyl (C=O) groups excluding carboxylic acids is 1. The third-order valence-corrected chi connectivity index (χ3v) is 4.57. The lowest BCUT2D eigenvalue weighted by Gasteiger charge is -2.16. The van der Waals surface area contributed by atoms with Crippen LogP contribution in [0, 0.1) is 13.8 Å². The molecule has 0 saturated heterocycles. The zero-order valence-electron chi connectivity index (χ0n) is 16.7. The van der Waals surface area contributed by atoms with Crippen LogP contribution < -0.4 is 15.6 Å². The average molecular weight is 423 g/mol. The minimum absolute atomic E-state index is 0.302. The summed E-state index contributed by atoms with van der Waals surface area (Å²) in [6.45, 7) is 4.81. The van der Waals surface area contributed by atoms with E-state index in [0.29, 0.717) is 27.9 Å². The average Bonchev–Trinajstić information content (AvgIpc) is 2.93. The SMILES string of the molecule is Cc1nn(C)c2c(C)nn(CC(=O)N[C@@H](C)c3ccc(OC(F)(F)F)cc3)c(=O)c12. The Morgan fingerprint density at radius 2 is 1.80 bits per heavy atom. The van der Waals surface area contributed by atoms with E-state index in [9.17, 15) is 22.8 Å². The molecule has 1 N–H and O–H groups in total. The number of hydrogen-bond acceptors (Lipinski definition) is 5. The molecule has 0 aliphatic heterocycles. The highest BCUT2D eigenvalue weighted by Crippen LogP contribution is 2.24. The highest BCUT2D eigenvalue weighted by molar-refractivity contribution is 5.83.